The van der Waals surface area contributed by atoms with Crippen molar-refractivity contribution in [2.45, 2.75) is 25.3 Å². The van der Waals surface area contributed by atoms with Gasteiger partial charge in [-0.25, -0.2) is 9.99 Å². The van der Waals surface area contributed by atoms with Crippen LogP contribution in [0.2, 0.25) is 0 Å². The predicted octanol–water partition coefficient (Wildman–Crippen LogP) is 1.96. The molecule has 3 aliphatic rings. The monoisotopic (exact) mass is 476 g/mol. The largest absolute Gasteiger partial charge is 0.367 e. The molecule has 5 heterocycles. The molecule has 3 fully saturated rings. The molecule has 0 atom stereocenters. The number of hydrazine groups is 1. The SMILES string of the molecule is C=C1NC(=O)C/C1=C\c1cnn2c(NC3CC3)cc(-c3csc(C(=O)NN4CCNC4)c3)nc12. The van der Waals surface area contributed by atoms with Crippen molar-refractivity contribution in [3.63, 3.8) is 0 Å². The van der Waals surface area contributed by atoms with Crippen LogP contribution >= 0.6 is 11.3 Å². The van der Waals surface area contributed by atoms with Crippen molar-refractivity contribution < 1.29 is 9.59 Å². The van der Waals surface area contributed by atoms with Crippen LogP contribution in [-0.2, 0) is 4.79 Å². The fraction of sp³-hybridized carbons (Fsp3) is 0.304. The maximum absolute atomic E-state index is 12.7. The molecule has 1 aliphatic carbocycles. The van der Waals surface area contributed by atoms with Gasteiger partial charge in [0.15, 0.2) is 5.65 Å². The molecular formula is C23H24N8O2S. The highest BCUT2D eigenvalue weighted by atomic mass is 32.1. The summed E-state index contributed by atoms with van der Waals surface area (Å²) < 4.78 is 1.79. The predicted molar refractivity (Wildman–Crippen MR) is 130 cm³/mol. The van der Waals surface area contributed by atoms with Gasteiger partial charge >= 0.3 is 0 Å². The summed E-state index contributed by atoms with van der Waals surface area (Å²) in [6.07, 6.45) is 6.21. The van der Waals surface area contributed by atoms with Gasteiger partial charge < -0.3 is 16.0 Å². The molecule has 2 saturated heterocycles. The molecule has 34 heavy (non-hydrogen) atoms. The minimum atomic E-state index is -0.121. The van der Waals surface area contributed by atoms with Crippen LogP contribution in [-0.4, -0.2) is 57.2 Å². The van der Waals surface area contributed by atoms with E-state index in [9.17, 15) is 9.59 Å². The summed E-state index contributed by atoms with van der Waals surface area (Å²) >= 11 is 1.40. The molecule has 4 N–H and O–H groups in total. The lowest BCUT2D eigenvalue weighted by Crippen LogP contribution is -2.40. The summed E-state index contributed by atoms with van der Waals surface area (Å²) in [6.45, 7) is 6.22. The van der Waals surface area contributed by atoms with Crippen molar-refractivity contribution in [2.24, 2.45) is 0 Å². The summed E-state index contributed by atoms with van der Waals surface area (Å²) in [5.41, 5.74) is 7.49. The van der Waals surface area contributed by atoms with E-state index < -0.39 is 0 Å². The Morgan fingerprint density at radius 1 is 1.32 bits per heavy atom. The van der Waals surface area contributed by atoms with Crippen molar-refractivity contribution in [1.82, 2.24) is 35.7 Å². The van der Waals surface area contributed by atoms with Crippen LogP contribution in [0.25, 0.3) is 23.0 Å². The fourth-order valence-corrected chi connectivity index (χ4v) is 4.85. The summed E-state index contributed by atoms with van der Waals surface area (Å²) in [5, 5.41) is 17.8. The maximum atomic E-state index is 12.7. The van der Waals surface area contributed by atoms with Crippen LogP contribution in [0, 0.1) is 0 Å². The van der Waals surface area contributed by atoms with Gasteiger partial charge in [0.25, 0.3) is 5.91 Å². The number of nitrogens with one attached hydrogen (secondary N) is 4. The molecule has 11 heteroatoms. The third kappa shape index (κ3) is 4.09. The fourth-order valence-electron chi connectivity index (χ4n) is 4.06. The highest BCUT2D eigenvalue weighted by Crippen LogP contribution is 2.32. The lowest BCUT2D eigenvalue weighted by atomic mass is 10.1. The van der Waals surface area contributed by atoms with E-state index in [1.54, 1.807) is 10.7 Å². The quantitative estimate of drug-likeness (QED) is 0.430. The Morgan fingerprint density at radius 3 is 2.94 bits per heavy atom. The van der Waals surface area contributed by atoms with Crippen LogP contribution in [0.1, 0.15) is 34.5 Å². The zero-order valence-corrected chi connectivity index (χ0v) is 19.2. The first-order valence-corrected chi connectivity index (χ1v) is 12.1. The van der Waals surface area contributed by atoms with Crippen LogP contribution in [0.5, 0.6) is 0 Å². The van der Waals surface area contributed by atoms with Crippen LogP contribution in [0.3, 0.4) is 0 Å². The molecule has 0 bridgehead atoms. The topological polar surface area (TPSA) is 116 Å². The lowest BCUT2D eigenvalue weighted by Gasteiger charge is -2.14. The van der Waals surface area contributed by atoms with Crippen molar-refractivity contribution in [2.75, 3.05) is 25.1 Å². The van der Waals surface area contributed by atoms with Crippen molar-refractivity contribution in [3.8, 4) is 11.3 Å². The summed E-state index contributed by atoms with van der Waals surface area (Å²) in [7, 11) is 0. The van der Waals surface area contributed by atoms with Gasteiger partial charge in [-0.1, -0.05) is 6.58 Å². The molecule has 174 valence electrons. The second-order valence-electron chi connectivity index (χ2n) is 8.72. The van der Waals surface area contributed by atoms with Crippen LogP contribution in [0.4, 0.5) is 5.82 Å². The zero-order chi connectivity index (χ0) is 23.2. The first kappa shape index (κ1) is 21.0. The first-order chi connectivity index (χ1) is 16.5. The number of amides is 2. The molecule has 2 amide bonds. The molecule has 1 saturated carbocycles. The van der Waals surface area contributed by atoms with Crippen molar-refractivity contribution >= 4 is 40.7 Å². The van der Waals surface area contributed by atoms with Gasteiger partial charge in [0.1, 0.15) is 5.82 Å². The average Bonchev–Trinajstić information content (AvgIpc) is 3.24. The molecule has 0 aromatic carbocycles. The molecule has 6 rings (SSSR count). The highest BCUT2D eigenvalue weighted by molar-refractivity contribution is 7.12. The Labute approximate surface area is 199 Å². The van der Waals surface area contributed by atoms with E-state index in [-0.39, 0.29) is 11.8 Å². The van der Waals surface area contributed by atoms with Crippen molar-refractivity contribution in [3.05, 3.63) is 52.0 Å². The van der Waals surface area contributed by atoms with Gasteiger partial charge in [0.05, 0.1) is 29.9 Å². The average molecular weight is 477 g/mol. The molecule has 3 aromatic heterocycles. The van der Waals surface area contributed by atoms with Gasteiger partial charge in [-0.2, -0.15) is 9.61 Å². The Bertz CT molecular complexity index is 1350. The van der Waals surface area contributed by atoms with E-state index in [2.05, 4.69) is 33.1 Å². The highest BCUT2D eigenvalue weighted by Gasteiger charge is 2.24. The number of thiophene rings is 1. The summed E-state index contributed by atoms with van der Waals surface area (Å²) in [6, 6.07) is 4.28. The van der Waals surface area contributed by atoms with E-state index in [0.29, 0.717) is 35.4 Å². The first-order valence-electron chi connectivity index (χ1n) is 11.2. The number of carbonyl (C=O) groups is 2. The molecule has 0 unspecified atom stereocenters. The second kappa shape index (κ2) is 8.35. The Kier molecular flexibility index (Phi) is 5.16. The Balaban J connectivity index is 1.36. The third-order valence-corrected chi connectivity index (χ3v) is 6.96. The lowest BCUT2D eigenvalue weighted by molar-refractivity contribution is -0.118. The molecular weight excluding hydrogens is 452 g/mol. The molecule has 10 nitrogen and oxygen atoms in total. The maximum Gasteiger partial charge on any atom is 0.275 e. The molecule has 0 spiro atoms. The Morgan fingerprint density at radius 2 is 2.21 bits per heavy atom. The Hall–Kier alpha value is -3.54. The number of allylic oxidation sites excluding steroid dienone is 1. The minimum absolute atomic E-state index is 0.0637. The van der Waals surface area contributed by atoms with E-state index in [1.807, 2.05) is 28.6 Å². The number of rotatable bonds is 6. The number of aromatic nitrogens is 3. The summed E-state index contributed by atoms with van der Waals surface area (Å²) in [4.78, 5) is 29.9. The van der Waals surface area contributed by atoms with Gasteiger partial charge in [-0.15, -0.1) is 11.3 Å². The normalized spacial score (nSPS) is 19.8. The van der Waals surface area contributed by atoms with Crippen LogP contribution < -0.4 is 21.4 Å². The van der Waals surface area contributed by atoms with Gasteiger partial charge in [-0.05, 0) is 30.6 Å². The van der Waals surface area contributed by atoms with Crippen molar-refractivity contribution in [1.29, 1.82) is 0 Å². The number of nitrogens with zero attached hydrogens (tertiary/aromatic N) is 4. The van der Waals surface area contributed by atoms with E-state index in [4.69, 9.17) is 4.98 Å². The van der Waals surface area contributed by atoms with Gasteiger partial charge in [-0.3, -0.25) is 15.0 Å². The molecule has 3 aromatic rings. The van der Waals surface area contributed by atoms with Gasteiger partial charge in [0, 0.05) is 47.4 Å². The van der Waals surface area contributed by atoms with Gasteiger partial charge in [0.2, 0.25) is 5.91 Å². The smallest absolute Gasteiger partial charge is 0.275 e. The van der Waals surface area contributed by atoms with E-state index >= 15 is 0 Å². The number of fused-ring (bicyclic) bond motifs is 1. The minimum Gasteiger partial charge on any atom is -0.367 e. The molecule has 2 aliphatic heterocycles. The number of hydrogen-bond acceptors (Lipinski definition) is 8. The standard InChI is InChI=1S/C23H24N8O2S/c1-13-14(8-21(32)26-13)6-15-10-25-31-20(27-17-2-3-17)9-18(28-22(15)31)16-7-19(34-11-16)23(33)29-30-5-4-24-12-30/h6-7,9-11,17,24,27H,1-5,8,12H2,(H,26,32)(H,29,33)/b14-6+. The molecule has 0 radical (unpaired) electrons. The third-order valence-electron chi connectivity index (χ3n) is 6.03. The van der Waals surface area contributed by atoms with Crippen LogP contribution in [0.15, 0.2) is 41.6 Å². The number of hydrogen-bond donors (Lipinski definition) is 4. The zero-order valence-electron chi connectivity index (χ0n) is 18.4. The second-order valence-corrected chi connectivity index (χ2v) is 9.63. The van der Waals surface area contributed by atoms with E-state index in [1.165, 1.54) is 11.3 Å². The number of anilines is 1. The number of carbonyl (C=O) groups excluding carboxylic acids is 2. The van der Waals surface area contributed by atoms with E-state index in [0.717, 1.165) is 54.1 Å². The summed E-state index contributed by atoms with van der Waals surface area (Å²) in [5.74, 6) is 0.669.